The molecule has 0 radical (unpaired) electrons. The number of hydrogen-bond donors (Lipinski definition) is 1. The van der Waals surface area contributed by atoms with Crippen LogP contribution in [0.1, 0.15) is 41.0 Å². The summed E-state index contributed by atoms with van der Waals surface area (Å²) in [5, 5.41) is 0. The fraction of sp³-hybridized carbons (Fsp3) is 0.476. The van der Waals surface area contributed by atoms with Crippen LogP contribution in [0.4, 0.5) is 0 Å². The van der Waals surface area contributed by atoms with Crippen LogP contribution >= 0.6 is 0 Å². The van der Waals surface area contributed by atoms with Gasteiger partial charge in [-0.3, -0.25) is 19.7 Å². The van der Waals surface area contributed by atoms with Crippen LogP contribution in [0.3, 0.4) is 0 Å². The maximum Gasteiger partial charge on any atom is 0.267 e. The summed E-state index contributed by atoms with van der Waals surface area (Å²) in [5.74, 6) is 0.226. The first kappa shape index (κ1) is 18.1. The molecule has 0 spiro atoms. The summed E-state index contributed by atoms with van der Waals surface area (Å²) < 4.78 is 6.24. The SMILES string of the molecule is COC1(c2ccnc(C(N)=O)c2)C2CCCC1CN(Cc1ccccn1)C2. The Kier molecular flexibility index (Phi) is 4.93. The maximum absolute atomic E-state index is 11.6. The monoisotopic (exact) mass is 366 g/mol. The van der Waals surface area contributed by atoms with Crippen LogP contribution in [0.2, 0.25) is 0 Å². The van der Waals surface area contributed by atoms with Gasteiger partial charge in [0.05, 0.1) is 5.69 Å². The molecule has 2 aromatic heterocycles. The number of pyridine rings is 2. The quantitative estimate of drug-likeness (QED) is 0.878. The molecule has 0 aromatic carbocycles. The topological polar surface area (TPSA) is 81.3 Å². The van der Waals surface area contributed by atoms with Crippen molar-refractivity contribution >= 4 is 5.91 Å². The highest BCUT2D eigenvalue weighted by atomic mass is 16.5. The second-order valence-corrected chi connectivity index (χ2v) is 7.63. The molecule has 1 saturated carbocycles. The van der Waals surface area contributed by atoms with Gasteiger partial charge in [-0.1, -0.05) is 12.5 Å². The van der Waals surface area contributed by atoms with Gasteiger partial charge in [0.2, 0.25) is 0 Å². The first-order valence-electron chi connectivity index (χ1n) is 9.57. The van der Waals surface area contributed by atoms with E-state index in [4.69, 9.17) is 10.5 Å². The molecular formula is C21H26N4O2. The second kappa shape index (κ2) is 7.37. The number of methoxy groups -OCH3 is 1. The average molecular weight is 366 g/mol. The van der Waals surface area contributed by atoms with Crippen molar-refractivity contribution in [3.8, 4) is 0 Å². The van der Waals surface area contributed by atoms with Gasteiger partial charge in [0.15, 0.2) is 0 Å². The predicted molar refractivity (Wildman–Crippen MR) is 102 cm³/mol. The molecular weight excluding hydrogens is 340 g/mol. The van der Waals surface area contributed by atoms with Crippen molar-refractivity contribution in [2.24, 2.45) is 17.6 Å². The zero-order valence-corrected chi connectivity index (χ0v) is 15.7. The zero-order chi connectivity index (χ0) is 18.9. The lowest BCUT2D eigenvalue weighted by Crippen LogP contribution is -2.58. The Balaban J connectivity index is 1.64. The molecule has 2 unspecified atom stereocenters. The minimum Gasteiger partial charge on any atom is -0.373 e. The van der Waals surface area contributed by atoms with Crippen molar-refractivity contribution in [1.29, 1.82) is 0 Å². The Morgan fingerprint density at radius 1 is 1.22 bits per heavy atom. The van der Waals surface area contributed by atoms with Crippen LogP contribution in [0.15, 0.2) is 42.7 Å². The van der Waals surface area contributed by atoms with Crippen molar-refractivity contribution in [3.63, 3.8) is 0 Å². The van der Waals surface area contributed by atoms with E-state index in [1.807, 2.05) is 30.5 Å². The molecule has 4 rings (SSSR count). The summed E-state index contributed by atoms with van der Waals surface area (Å²) in [6, 6.07) is 9.87. The number of fused-ring (bicyclic) bond motifs is 2. The summed E-state index contributed by atoms with van der Waals surface area (Å²) in [4.78, 5) is 22.7. The lowest BCUT2D eigenvalue weighted by atomic mass is 9.62. The molecule has 6 heteroatoms. The Hall–Kier alpha value is -2.31. The number of ether oxygens (including phenoxy) is 1. The van der Waals surface area contributed by atoms with Gasteiger partial charge >= 0.3 is 0 Å². The summed E-state index contributed by atoms with van der Waals surface area (Å²) in [6.45, 7) is 2.76. The Bertz CT molecular complexity index is 797. The number of amides is 1. The minimum absolute atomic E-state index is 0.304. The van der Waals surface area contributed by atoms with Crippen molar-refractivity contribution in [2.75, 3.05) is 20.2 Å². The molecule has 1 aliphatic carbocycles. The Morgan fingerprint density at radius 3 is 2.63 bits per heavy atom. The van der Waals surface area contributed by atoms with E-state index in [0.29, 0.717) is 17.5 Å². The van der Waals surface area contributed by atoms with Crippen LogP contribution in [0.5, 0.6) is 0 Å². The highest BCUT2D eigenvalue weighted by Gasteiger charge is 2.53. The summed E-state index contributed by atoms with van der Waals surface area (Å²) in [7, 11) is 1.80. The molecule has 142 valence electrons. The standard InChI is InChI=1S/C21H26N4O2/c1-27-21(15-8-10-24-19(11-15)20(22)26)16-5-4-6-17(21)13-25(12-16)14-18-7-2-3-9-23-18/h2-3,7-11,16-17H,4-6,12-14H2,1H3,(H2,22,26). The van der Waals surface area contributed by atoms with Gasteiger partial charge in [-0.2, -0.15) is 0 Å². The van der Waals surface area contributed by atoms with Crippen molar-refractivity contribution in [2.45, 2.75) is 31.4 Å². The summed E-state index contributed by atoms with van der Waals surface area (Å²) in [6.07, 6.45) is 6.95. The lowest BCUT2D eigenvalue weighted by molar-refractivity contribution is -0.170. The number of carbonyl (C=O) groups excluding carboxylic acids is 1. The lowest BCUT2D eigenvalue weighted by Gasteiger charge is -2.55. The normalized spacial score (nSPS) is 28.0. The van der Waals surface area contributed by atoms with Gasteiger partial charge in [0, 0.05) is 51.0 Å². The number of likely N-dealkylation sites (tertiary alicyclic amines) is 1. The first-order chi connectivity index (χ1) is 13.1. The van der Waals surface area contributed by atoms with E-state index >= 15 is 0 Å². The van der Waals surface area contributed by atoms with E-state index in [2.05, 4.69) is 20.9 Å². The van der Waals surface area contributed by atoms with E-state index in [0.717, 1.165) is 43.7 Å². The smallest absolute Gasteiger partial charge is 0.267 e. The molecule has 2 atom stereocenters. The van der Waals surface area contributed by atoms with Crippen LogP contribution in [0, 0.1) is 11.8 Å². The van der Waals surface area contributed by atoms with Crippen LogP contribution in [-0.2, 0) is 16.9 Å². The van der Waals surface area contributed by atoms with Crippen molar-refractivity contribution < 1.29 is 9.53 Å². The number of rotatable bonds is 5. The molecule has 2 aliphatic rings. The number of aromatic nitrogens is 2. The fourth-order valence-electron chi connectivity index (χ4n) is 5.11. The average Bonchev–Trinajstić information content (AvgIpc) is 2.68. The van der Waals surface area contributed by atoms with Crippen LogP contribution < -0.4 is 5.73 Å². The van der Waals surface area contributed by atoms with Crippen LogP contribution in [-0.4, -0.2) is 41.0 Å². The number of primary amides is 1. The van der Waals surface area contributed by atoms with E-state index in [1.54, 1.807) is 13.3 Å². The van der Waals surface area contributed by atoms with Crippen molar-refractivity contribution in [1.82, 2.24) is 14.9 Å². The third-order valence-corrected chi connectivity index (χ3v) is 6.19. The van der Waals surface area contributed by atoms with E-state index in [9.17, 15) is 4.79 Å². The molecule has 1 saturated heterocycles. The molecule has 2 fully saturated rings. The third-order valence-electron chi connectivity index (χ3n) is 6.19. The van der Waals surface area contributed by atoms with Gasteiger partial charge in [-0.15, -0.1) is 0 Å². The molecule has 2 N–H and O–H groups in total. The number of carbonyl (C=O) groups is 1. The maximum atomic E-state index is 11.6. The minimum atomic E-state index is -0.499. The molecule has 6 nitrogen and oxygen atoms in total. The zero-order valence-electron chi connectivity index (χ0n) is 15.7. The molecule has 1 aliphatic heterocycles. The highest BCUT2D eigenvalue weighted by Crippen LogP contribution is 2.51. The van der Waals surface area contributed by atoms with Crippen LogP contribution in [0.25, 0.3) is 0 Å². The molecule has 2 aromatic rings. The largest absolute Gasteiger partial charge is 0.373 e. The molecule has 27 heavy (non-hydrogen) atoms. The van der Waals surface area contributed by atoms with Gasteiger partial charge in [0.1, 0.15) is 11.3 Å². The summed E-state index contributed by atoms with van der Waals surface area (Å²) in [5.41, 5.74) is 7.51. The van der Waals surface area contributed by atoms with E-state index in [-0.39, 0.29) is 5.60 Å². The third kappa shape index (κ3) is 3.24. The Morgan fingerprint density at radius 2 is 2.00 bits per heavy atom. The molecule has 3 heterocycles. The number of nitrogens with two attached hydrogens (primary N) is 1. The highest BCUT2D eigenvalue weighted by molar-refractivity contribution is 5.90. The fourth-order valence-corrected chi connectivity index (χ4v) is 5.11. The Labute approximate surface area is 159 Å². The summed E-state index contributed by atoms with van der Waals surface area (Å²) >= 11 is 0. The number of nitrogens with zero attached hydrogens (tertiary/aromatic N) is 3. The van der Waals surface area contributed by atoms with Gasteiger partial charge in [-0.25, -0.2) is 0 Å². The predicted octanol–water partition coefficient (Wildman–Crippen LogP) is 2.35. The van der Waals surface area contributed by atoms with E-state index in [1.165, 1.54) is 6.42 Å². The first-order valence-corrected chi connectivity index (χ1v) is 9.57. The molecule has 1 amide bonds. The van der Waals surface area contributed by atoms with Gasteiger partial charge < -0.3 is 10.5 Å². The van der Waals surface area contributed by atoms with E-state index < -0.39 is 5.91 Å². The number of hydrogen-bond acceptors (Lipinski definition) is 5. The number of piperidine rings is 1. The molecule has 2 bridgehead atoms. The van der Waals surface area contributed by atoms with Gasteiger partial charge in [-0.05, 0) is 42.7 Å². The second-order valence-electron chi connectivity index (χ2n) is 7.63. The van der Waals surface area contributed by atoms with Gasteiger partial charge in [0.25, 0.3) is 5.91 Å². The van der Waals surface area contributed by atoms with Crippen molar-refractivity contribution in [3.05, 3.63) is 59.7 Å².